The number of anilines is 3. The Morgan fingerprint density at radius 3 is 2.43 bits per heavy atom. The van der Waals surface area contributed by atoms with Gasteiger partial charge in [0.2, 0.25) is 0 Å². The maximum atomic E-state index is 12.6. The van der Waals surface area contributed by atoms with E-state index in [1.165, 1.54) is 15.8 Å². The van der Waals surface area contributed by atoms with Crippen LogP contribution in [0.1, 0.15) is 17.4 Å². The summed E-state index contributed by atoms with van der Waals surface area (Å²) in [5.41, 5.74) is 8.55. The van der Waals surface area contributed by atoms with E-state index in [9.17, 15) is 54.0 Å². The van der Waals surface area contributed by atoms with Crippen LogP contribution in [-0.4, -0.2) is 135 Å². The van der Waals surface area contributed by atoms with E-state index in [1.54, 1.807) is 19.1 Å². The number of aliphatic hydroxyl groups excluding tert-OH is 5. The zero-order valence-electron chi connectivity index (χ0n) is 27.6. The number of aliphatic hydroxyl groups is 5. The minimum atomic E-state index is -5.53. The molecule has 26 heteroatoms. The van der Waals surface area contributed by atoms with Crippen molar-refractivity contribution in [3.63, 3.8) is 0 Å². The monoisotopic (exact) mass is 787 g/mol. The Balaban J connectivity index is 1.04. The molecule has 3 aromatic rings. The van der Waals surface area contributed by atoms with Gasteiger partial charge in [0.15, 0.2) is 23.7 Å². The standard InChI is InChI=1S/C27H35N9O15P2/c1-10-3-12-13(4-11(10)2)35(24-18(32-12)25(42)34-27(43)33-24)5-14(37)19(39)15(38)6-48-52(44,45)51-53(46,47)49-7-16-20(40)21(41)26(50-16)36-9-31-17-22(28)29-8-30-23(17)36/h3-4,8-9,14-16,18-21,26,32,37-41H,5-7H2,1-2H3,(H,44,45)(H,46,47)(H2,28,29,30)(H,34,42,43)/t14-,15+,16+,18+,19-,20+,21+,26+/m0/s1. The Morgan fingerprint density at radius 1 is 1.00 bits per heavy atom. The lowest BCUT2D eigenvalue weighted by Gasteiger charge is -2.40. The number of nitrogens with zero attached hydrogens (tertiary/aromatic N) is 6. The van der Waals surface area contributed by atoms with Gasteiger partial charge in [-0.25, -0.2) is 28.9 Å². The Bertz CT molecular complexity index is 2050. The van der Waals surface area contributed by atoms with Gasteiger partial charge in [0.05, 0.1) is 37.5 Å². The quantitative estimate of drug-likeness (QED) is 0.0831. The van der Waals surface area contributed by atoms with Crippen molar-refractivity contribution in [3.8, 4) is 0 Å². The largest absolute Gasteiger partial charge is 0.481 e. The van der Waals surface area contributed by atoms with Crippen molar-refractivity contribution < 1.29 is 72.1 Å². The zero-order chi connectivity index (χ0) is 38.6. The highest BCUT2D eigenvalue weighted by Gasteiger charge is 2.47. The fourth-order valence-electron chi connectivity index (χ4n) is 5.77. The molecule has 5 heterocycles. The van der Waals surface area contributed by atoms with Crippen LogP contribution in [0.2, 0.25) is 0 Å². The summed E-state index contributed by atoms with van der Waals surface area (Å²) in [6.07, 6.45) is -9.85. The smallest absolute Gasteiger partial charge is 0.388 e. The first kappa shape index (κ1) is 38.7. The highest BCUT2D eigenvalue weighted by molar-refractivity contribution is 7.61. The number of nitrogens with two attached hydrogens (primary N) is 1. The number of benzene rings is 1. The van der Waals surface area contributed by atoms with Crippen molar-refractivity contribution in [2.75, 3.05) is 35.7 Å². The van der Waals surface area contributed by atoms with Crippen LogP contribution in [0.4, 0.5) is 22.0 Å². The number of aryl methyl sites for hydroxylation is 2. The molecule has 0 spiro atoms. The zero-order valence-corrected chi connectivity index (χ0v) is 29.4. The third kappa shape index (κ3) is 7.95. The normalized spacial score (nSPS) is 26.8. The van der Waals surface area contributed by atoms with Crippen LogP contribution in [-0.2, 0) is 32.0 Å². The predicted molar refractivity (Wildman–Crippen MR) is 178 cm³/mol. The fraction of sp³-hybridized carbons (Fsp3) is 0.481. The van der Waals surface area contributed by atoms with E-state index in [2.05, 4.69) is 39.4 Å². The van der Waals surface area contributed by atoms with E-state index < -0.39 is 96.2 Å². The van der Waals surface area contributed by atoms with E-state index in [4.69, 9.17) is 15.0 Å². The number of imide groups is 1. The van der Waals surface area contributed by atoms with Crippen LogP contribution >= 0.6 is 15.6 Å². The van der Waals surface area contributed by atoms with Crippen LogP contribution in [0, 0.1) is 13.8 Å². The first-order valence-electron chi connectivity index (χ1n) is 15.6. The lowest BCUT2D eigenvalue weighted by atomic mass is 10.00. The van der Waals surface area contributed by atoms with Crippen LogP contribution in [0.3, 0.4) is 0 Å². The van der Waals surface area contributed by atoms with Crippen molar-refractivity contribution in [1.82, 2.24) is 24.8 Å². The number of ether oxygens (including phenoxy) is 1. The number of phosphoric acid groups is 2. The van der Waals surface area contributed by atoms with Gasteiger partial charge in [0, 0.05) is 0 Å². The topological polar surface area (TPSA) is 356 Å². The molecule has 11 N–H and O–H groups in total. The van der Waals surface area contributed by atoms with Crippen LogP contribution in [0.5, 0.6) is 0 Å². The summed E-state index contributed by atoms with van der Waals surface area (Å²) < 4.78 is 45.4. The van der Waals surface area contributed by atoms with Gasteiger partial charge in [-0.15, -0.1) is 0 Å². The molecule has 1 aromatic carbocycles. The second-order valence-corrected chi connectivity index (χ2v) is 15.3. The lowest BCUT2D eigenvalue weighted by molar-refractivity contribution is -0.119. The number of carbonyl (C=O) groups is 2. The van der Waals surface area contributed by atoms with Gasteiger partial charge < -0.3 is 56.0 Å². The number of amides is 3. The highest BCUT2D eigenvalue weighted by Crippen LogP contribution is 2.60. The fourth-order valence-corrected chi connectivity index (χ4v) is 7.86. The maximum absolute atomic E-state index is 12.6. The van der Waals surface area contributed by atoms with Crippen molar-refractivity contribution in [2.45, 2.75) is 62.7 Å². The molecule has 24 nitrogen and oxygen atoms in total. The molecule has 3 amide bonds. The van der Waals surface area contributed by atoms with Crippen molar-refractivity contribution in [2.24, 2.45) is 4.99 Å². The average Bonchev–Trinajstić information content (AvgIpc) is 3.63. The van der Waals surface area contributed by atoms with E-state index in [1.807, 2.05) is 6.92 Å². The molecule has 1 fully saturated rings. The molecule has 6 rings (SSSR count). The highest BCUT2D eigenvalue weighted by atomic mass is 31.3. The number of aromatic nitrogens is 4. The van der Waals surface area contributed by atoms with E-state index in [0.717, 1.165) is 17.5 Å². The van der Waals surface area contributed by atoms with Gasteiger partial charge >= 0.3 is 21.7 Å². The summed E-state index contributed by atoms with van der Waals surface area (Å²) in [7, 11) is -11.0. The number of nitrogen functional groups attached to an aromatic ring is 1. The SMILES string of the molecule is Cc1cc2c(cc1C)N(C[C@H](O)[C@H](O)[C@H](O)COP(=O)(O)OP(=O)(O)OC[C@H]1O[C@@H](n3cnc4c(N)ncnc43)[C@H](O)[C@@H]1O)C1=NC(=O)NC(=O)[C@@H]1N2. The number of hydrogen-bond donors (Lipinski definition) is 10. The predicted octanol–water partition coefficient (Wildman–Crippen LogP) is -2.07. The molecule has 10 atom stereocenters. The molecule has 53 heavy (non-hydrogen) atoms. The number of hydrogen-bond acceptors (Lipinski definition) is 19. The minimum Gasteiger partial charge on any atom is -0.388 e. The molecule has 0 saturated carbocycles. The minimum absolute atomic E-state index is 0.0311. The second kappa shape index (κ2) is 14.7. The molecule has 0 bridgehead atoms. The van der Waals surface area contributed by atoms with Gasteiger partial charge in [-0.1, -0.05) is 0 Å². The first-order chi connectivity index (χ1) is 24.9. The number of amidine groups is 1. The number of fused-ring (bicyclic) bond motifs is 3. The van der Waals surface area contributed by atoms with Gasteiger partial charge in [0.25, 0.3) is 5.91 Å². The summed E-state index contributed by atoms with van der Waals surface area (Å²) in [5, 5.41) is 58.1. The number of β-amino-alcohol motifs (C(OH)–C–C–N with tert-alkyl or cyclic N) is 1. The molecule has 3 aliphatic rings. The summed E-state index contributed by atoms with van der Waals surface area (Å²) in [6, 6.07) is 1.31. The number of rotatable bonds is 13. The summed E-state index contributed by atoms with van der Waals surface area (Å²) in [4.78, 5) is 61.8. The summed E-state index contributed by atoms with van der Waals surface area (Å²) in [5.74, 6) is -0.794. The van der Waals surface area contributed by atoms with Crippen molar-refractivity contribution >= 4 is 61.8 Å². The lowest BCUT2D eigenvalue weighted by Crippen LogP contribution is -2.60. The van der Waals surface area contributed by atoms with E-state index >= 15 is 0 Å². The Hall–Kier alpha value is -4.00. The number of urea groups is 1. The van der Waals surface area contributed by atoms with Crippen LogP contribution < -0.4 is 21.3 Å². The average molecular weight is 788 g/mol. The number of carbonyl (C=O) groups excluding carboxylic acids is 2. The molecule has 2 unspecified atom stereocenters. The molecule has 0 radical (unpaired) electrons. The number of phosphoric ester groups is 2. The number of nitrogens with one attached hydrogen (secondary N) is 2. The van der Waals surface area contributed by atoms with Crippen molar-refractivity contribution in [3.05, 3.63) is 35.9 Å². The van der Waals surface area contributed by atoms with Gasteiger partial charge in [-0.05, 0) is 37.1 Å². The third-order valence-electron chi connectivity index (χ3n) is 8.62. The Labute approximate surface area is 298 Å². The molecular formula is C27H35N9O15P2. The van der Waals surface area contributed by atoms with E-state index in [0.29, 0.717) is 11.4 Å². The summed E-state index contributed by atoms with van der Waals surface area (Å²) >= 11 is 0. The molecule has 288 valence electrons. The molecule has 1 saturated heterocycles. The van der Waals surface area contributed by atoms with Gasteiger partial charge in [-0.3, -0.25) is 23.7 Å². The number of imidazole rings is 1. The Kier molecular flexibility index (Phi) is 10.7. The first-order valence-corrected chi connectivity index (χ1v) is 18.6. The Morgan fingerprint density at radius 2 is 1.70 bits per heavy atom. The summed E-state index contributed by atoms with van der Waals surface area (Å²) in [6.45, 7) is 0.901. The molecule has 3 aliphatic heterocycles. The second-order valence-electron chi connectivity index (χ2n) is 12.3. The number of aliphatic imine (C=N–C) groups is 1. The molecule has 2 aromatic heterocycles. The van der Waals surface area contributed by atoms with Crippen molar-refractivity contribution in [1.29, 1.82) is 0 Å². The molecule has 0 aliphatic carbocycles. The van der Waals surface area contributed by atoms with E-state index in [-0.39, 0.29) is 22.8 Å². The maximum Gasteiger partial charge on any atom is 0.481 e. The van der Waals surface area contributed by atoms with Gasteiger partial charge in [-0.2, -0.15) is 9.30 Å². The third-order valence-corrected chi connectivity index (χ3v) is 11.2. The van der Waals surface area contributed by atoms with Crippen LogP contribution in [0.25, 0.3) is 11.2 Å². The van der Waals surface area contributed by atoms with Crippen LogP contribution in [0.15, 0.2) is 29.8 Å². The van der Waals surface area contributed by atoms with Gasteiger partial charge in [0.1, 0.15) is 54.3 Å². The molecular weight excluding hydrogens is 752 g/mol.